The smallest absolute Gasteiger partial charge is 0.249 e. The van der Waals surface area contributed by atoms with Gasteiger partial charge in [0.2, 0.25) is 17.7 Å². The van der Waals surface area contributed by atoms with Crippen molar-refractivity contribution in [3.8, 4) is 0 Å². The molecule has 1 aromatic rings. The van der Waals surface area contributed by atoms with Crippen LogP contribution in [0.4, 0.5) is 0 Å². The zero-order valence-electron chi connectivity index (χ0n) is 24.3. The molecule has 6 N–H and O–H groups in total. The first-order valence-corrected chi connectivity index (χ1v) is 14.2. The van der Waals surface area contributed by atoms with Crippen LogP contribution < -0.4 is 16.8 Å². The second-order valence-corrected chi connectivity index (χ2v) is 11.3. The lowest BCUT2D eigenvalue weighted by Crippen LogP contribution is -2.52. The molecule has 0 aliphatic heterocycles. The van der Waals surface area contributed by atoms with Gasteiger partial charge in [-0.25, -0.2) is 0 Å². The number of rotatable bonds is 16. The average molecular weight is 541 g/mol. The summed E-state index contributed by atoms with van der Waals surface area (Å²) >= 11 is 0. The molecule has 0 heterocycles. The number of hydrogen-bond acceptors (Lipinski definition) is 5. The number of primary amides is 2. The first-order chi connectivity index (χ1) is 18.4. The van der Waals surface area contributed by atoms with E-state index in [1.807, 2.05) is 45.0 Å². The fraction of sp³-hybridized carbons (Fsp3) is 0.581. The number of carbonyl (C=O) groups is 3. The molecule has 39 heavy (non-hydrogen) atoms. The van der Waals surface area contributed by atoms with E-state index < -0.39 is 29.3 Å². The van der Waals surface area contributed by atoms with Gasteiger partial charge in [-0.05, 0) is 63.1 Å². The lowest BCUT2D eigenvalue weighted by Gasteiger charge is -2.42. The Morgan fingerprint density at radius 3 is 2.21 bits per heavy atom. The summed E-state index contributed by atoms with van der Waals surface area (Å²) in [6.07, 6.45) is 4.80. The van der Waals surface area contributed by atoms with E-state index in [2.05, 4.69) is 19.2 Å². The first kappa shape index (κ1) is 32.2. The van der Waals surface area contributed by atoms with Crippen molar-refractivity contribution in [3.05, 3.63) is 58.7 Å². The average Bonchev–Trinajstić information content (AvgIpc) is 2.89. The van der Waals surface area contributed by atoms with Crippen molar-refractivity contribution in [1.29, 1.82) is 0 Å². The third kappa shape index (κ3) is 8.77. The molecule has 0 bridgehead atoms. The van der Waals surface area contributed by atoms with Crippen LogP contribution in [0.25, 0.3) is 0 Å². The number of benzene rings is 1. The number of nitrogens with zero attached hydrogens (tertiary/aromatic N) is 1. The summed E-state index contributed by atoms with van der Waals surface area (Å²) in [5, 5.41) is 14.9. The van der Waals surface area contributed by atoms with E-state index >= 15 is 0 Å². The number of nitrogens with two attached hydrogens (primary N) is 2. The van der Waals surface area contributed by atoms with Crippen LogP contribution >= 0.6 is 0 Å². The zero-order chi connectivity index (χ0) is 29.2. The second kappa shape index (κ2) is 15.0. The highest BCUT2D eigenvalue weighted by atomic mass is 16.3. The molecule has 0 saturated carbocycles. The number of hydrogen-bond donors (Lipinski definition) is 4. The molecule has 0 spiro atoms. The molecule has 0 radical (unpaired) electrons. The maximum absolute atomic E-state index is 13.7. The molecule has 2 rings (SSSR count). The summed E-state index contributed by atoms with van der Waals surface area (Å²) in [6, 6.07) is 7.88. The maximum Gasteiger partial charge on any atom is 0.249 e. The minimum absolute atomic E-state index is 0.0124. The minimum Gasteiger partial charge on any atom is -0.391 e. The van der Waals surface area contributed by atoms with E-state index in [-0.39, 0.29) is 24.4 Å². The molecule has 1 aliphatic carbocycles. The van der Waals surface area contributed by atoms with Gasteiger partial charge in [-0.2, -0.15) is 0 Å². The number of aliphatic hydroxyl groups excluding tert-OH is 1. The van der Waals surface area contributed by atoms with E-state index in [1.54, 1.807) is 4.90 Å². The van der Waals surface area contributed by atoms with Gasteiger partial charge in [0.25, 0.3) is 0 Å². The molecule has 8 nitrogen and oxygen atoms in total. The van der Waals surface area contributed by atoms with Gasteiger partial charge in [-0.1, -0.05) is 63.6 Å². The van der Waals surface area contributed by atoms with Crippen LogP contribution in [0.3, 0.4) is 0 Å². The number of aliphatic hydroxyl groups is 1. The quantitative estimate of drug-likeness (QED) is 0.239. The number of carbonyl (C=O) groups excluding carboxylic acids is 3. The number of amides is 3. The van der Waals surface area contributed by atoms with Crippen LogP contribution in [-0.2, 0) is 20.8 Å². The Bertz CT molecular complexity index is 1040. The molecule has 1 aromatic carbocycles. The minimum atomic E-state index is -1.49. The van der Waals surface area contributed by atoms with Crippen molar-refractivity contribution in [2.24, 2.45) is 28.7 Å². The van der Waals surface area contributed by atoms with Crippen molar-refractivity contribution < 1.29 is 19.5 Å². The topological polar surface area (TPSA) is 139 Å². The molecule has 216 valence electrons. The van der Waals surface area contributed by atoms with Gasteiger partial charge in [0.15, 0.2) is 0 Å². The lowest BCUT2D eigenvalue weighted by molar-refractivity contribution is -0.132. The molecule has 8 heteroatoms. The SMILES string of the molecule is CCCN(CCC)C(=O)C1=CC(C(N)=O)=CC(C(N)=O)([C@@H](Cc2ccc(C)cc2)[C@H](O)CNCCC(C)C)C1. The summed E-state index contributed by atoms with van der Waals surface area (Å²) in [4.78, 5) is 41.3. The summed E-state index contributed by atoms with van der Waals surface area (Å²) in [6.45, 7) is 12.3. The van der Waals surface area contributed by atoms with Crippen molar-refractivity contribution in [1.82, 2.24) is 10.2 Å². The fourth-order valence-electron chi connectivity index (χ4n) is 5.26. The second-order valence-electron chi connectivity index (χ2n) is 11.3. The Morgan fingerprint density at radius 2 is 1.69 bits per heavy atom. The summed E-state index contributed by atoms with van der Waals surface area (Å²) in [5.74, 6) is -1.89. The van der Waals surface area contributed by atoms with Crippen LogP contribution in [0.2, 0.25) is 0 Å². The Morgan fingerprint density at radius 1 is 1.08 bits per heavy atom. The Hall–Kier alpha value is -2.97. The molecule has 0 saturated heterocycles. The maximum atomic E-state index is 13.7. The Kier molecular flexibility index (Phi) is 12.4. The molecule has 3 atom stereocenters. The van der Waals surface area contributed by atoms with E-state index in [0.29, 0.717) is 37.5 Å². The molecular formula is C31H48N4O4. The Balaban J connectivity index is 2.58. The molecule has 0 fully saturated rings. The number of nitrogens with one attached hydrogen (secondary N) is 1. The third-order valence-electron chi connectivity index (χ3n) is 7.47. The highest BCUT2D eigenvalue weighted by molar-refractivity contribution is 6.03. The highest BCUT2D eigenvalue weighted by Gasteiger charge is 2.49. The Labute approximate surface area is 233 Å². The predicted octanol–water partition coefficient (Wildman–Crippen LogP) is 3.01. The lowest BCUT2D eigenvalue weighted by atomic mass is 9.63. The monoisotopic (exact) mass is 540 g/mol. The van der Waals surface area contributed by atoms with Crippen molar-refractivity contribution in [3.63, 3.8) is 0 Å². The zero-order valence-corrected chi connectivity index (χ0v) is 24.3. The van der Waals surface area contributed by atoms with Crippen LogP contribution in [0.15, 0.2) is 47.6 Å². The fourth-order valence-corrected chi connectivity index (χ4v) is 5.26. The standard InChI is InChI=1S/C31H48N4O4/c1-6-14-35(15-7-2)29(38)25-17-24(28(32)37)18-31(19-25,30(33)39)26(16-23-10-8-22(5)9-11-23)27(36)20-34-13-12-21(3)4/h8-11,17-18,21,26-27,34,36H,6-7,12-16,19-20H2,1-5H3,(H2,32,37)(H2,33,39)/t26-,27+,31?/m0/s1. The van der Waals surface area contributed by atoms with Crippen LogP contribution in [0.1, 0.15) is 64.5 Å². The van der Waals surface area contributed by atoms with Gasteiger partial charge >= 0.3 is 0 Å². The van der Waals surface area contributed by atoms with Crippen LogP contribution in [0.5, 0.6) is 0 Å². The first-order valence-electron chi connectivity index (χ1n) is 14.2. The predicted molar refractivity (Wildman–Crippen MR) is 155 cm³/mol. The van der Waals surface area contributed by atoms with Gasteiger partial charge in [-0.3, -0.25) is 14.4 Å². The van der Waals surface area contributed by atoms with Gasteiger partial charge in [-0.15, -0.1) is 0 Å². The molecule has 3 amide bonds. The summed E-state index contributed by atoms with van der Waals surface area (Å²) in [5.41, 5.74) is 12.7. The molecule has 1 aliphatic rings. The number of aryl methyl sites for hydroxylation is 1. The van der Waals surface area contributed by atoms with Gasteiger partial charge in [0.05, 0.1) is 11.5 Å². The van der Waals surface area contributed by atoms with Crippen LogP contribution in [-0.4, -0.2) is 60.0 Å². The highest BCUT2D eigenvalue weighted by Crippen LogP contribution is 2.44. The third-order valence-corrected chi connectivity index (χ3v) is 7.47. The van der Waals surface area contributed by atoms with E-state index in [0.717, 1.165) is 30.4 Å². The van der Waals surface area contributed by atoms with Crippen molar-refractivity contribution >= 4 is 17.7 Å². The van der Waals surface area contributed by atoms with Gasteiger partial charge < -0.3 is 26.8 Å². The van der Waals surface area contributed by atoms with Crippen molar-refractivity contribution in [2.75, 3.05) is 26.2 Å². The largest absolute Gasteiger partial charge is 0.391 e. The normalized spacial score (nSPS) is 18.7. The summed E-state index contributed by atoms with van der Waals surface area (Å²) in [7, 11) is 0. The molecule has 0 aromatic heterocycles. The van der Waals surface area contributed by atoms with Crippen molar-refractivity contribution in [2.45, 2.75) is 72.8 Å². The van der Waals surface area contributed by atoms with E-state index in [4.69, 9.17) is 11.5 Å². The van der Waals surface area contributed by atoms with E-state index in [9.17, 15) is 19.5 Å². The van der Waals surface area contributed by atoms with Gasteiger partial charge in [0, 0.05) is 36.7 Å². The molecule has 1 unspecified atom stereocenters. The van der Waals surface area contributed by atoms with E-state index in [1.165, 1.54) is 12.2 Å². The molecular weight excluding hydrogens is 492 g/mol. The van der Waals surface area contributed by atoms with Crippen LogP contribution in [0, 0.1) is 24.2 Å². The summed E-state index contributed by atoms with van der Waals surface area (Å²) < 4.78 is 0. The van der Waals surface area contributed by atoms with Gasteiger partial charge in [0.1, 0.15) is 0 Å².